The Balaban J connectivity index is 1.36. The predicted molar refractivity (Wildman–Crippen MR) is 170 cm³/mol. The van der Waals surface area contributed by atoms with Gasteiger partial charge in [-0.2, -0.15) is 23.3 Å². The number of hydrogen-bond donors (Lipinski definition) is 0. The van der Waals surface area contributed by atoms with Gasteiger partial charge in [-0.05, 0) is 31.4 Å². The van der Waals surface area contributed by atoms with E-state index in [0.717, 1.165) is 47.6 Å². The maximum absolute atomic E-state index is 13.2. The Morgan fingerprint density at radius 2 is 1.76 bits per heavy atom. The van der Waals surface area contributed by atoms with Crippen LogP contribution in [0.4, 0.5) is 13.2 Å². The molecule has 0 aliphatic heterocycles. The topological polar surface area (TPSA) is 106 Å². The zero-order valence-electron chi connectivity index (χ0n) is 26.8. The van der Waals surface area contributed by atoms with E-state index in [1.165, 1.54) is 4.57 Å². The summed E-state index contributed by atoms with van der Waals surface area (Å²) in [5.74, 6) is 2.10. The van der Waals surface area contributed by atoms with Crippen LogP contribution in [-0.2, 0) is 31.1 Å². The average Bonchev–Trinajstić information content (AvgIpc) is 3.69. The number of methoxy groups -OCH3 is 1. The maximum Gasteiger partial charge on any atom is 0.434 e. The van der Waals surface area contributed by atoms with Crippen molar-refractivity contribution in [1.29, 1.82) is 0 Å². The molecule has 1 aliphatic carbocycles. The number of benzene rings is 1. The minimum atomic E-state index is -4.51. The molecule has 10 nitrogen and oxygen atoms in total. The highest BCUT2D eigenvalue weighted by molar-refractivity contribution is 6.76. The van der Waals surface area contributed by atoms with Crippen LogP contribution in [0.25, 0.3) is 33.8 Å². The molecule has 0 saturated heterocycles. The quantitative estimate of drug-likeness (QED) is 0.114. The molecule has 1 aromatic carbocycles. The summed E-state index contributed by atoms with van der Waals surface area (Å²) in [5.41, 5.74) is 4.28. The summed E-state index contributed by atoms with van der Waals surface area (Å²) in [6.07, 6.45) is 0.753. The van der Waals surface area contributed by atoms with E-state index in [1.54, 1.807) is 37.2 Å². The largest absolute Gasteiger partial charge is 0.480 e. The molecule has 242 valence electrons. The third-order valence-corrected chi connectivity index (χ3v) is 9.62. The fourth-order valence-electron chi connectivity index (χ4n) is 5.30. The molecule has 0 atom stereocenters. The smallest absolute Gasteiger partial charge is 0.434 e. The molecule has 6 rings (SSSR count). The number of hydrogen-bond acceptors (Lipinski definition) is 8. The number of aryl methyl sites for hydroxylation is 2. The standard InChI is InChI=1S/C32H37F3N8O2Si/c1-19-37-27(21-11-12-21)26(31(38-19)44-3)29-36-16-24-28(40-29)23(41-43(24)18-45-13-14-46(4,5)6)15-20-7-9-22(10-8-20)30-39-25(17-42(30)2)32(33,34)35/h7-10,16-17,21H,11-15,18H2,1-6H3. The van der Waals surface area contributed by atoms with E-state index in [9.17, 15) is 13.2 Å². The van der Waals surface area contributed by atoms with E-state index < -0.39 is 19.9 Å². The van der Waals surface area contributed by atoms with Crippen molar-refractivity contribution in [3.05, 3.63) is 65.1 Å². The van der Waals surface area contributed by atoms with Crippen LogP contribution in [-0.4, -0.2) is 61.1 Å². The first-order valence-corrected chi connectivity index (χ1v) is 18.9. The number of rotatable bonds is 11. The van der Waals surface area contributed by atoms with Crippen LogP contribution in [0.2, 0.25) is 25.7 Å². The lowest BCUT2D eigenvalue weighted by atomic mass is 10.1. The Hall–Kier alpha value is -4.17. The van der Waals surface area contributed by atoms with Crippen molar-refractivity contribution in [2.45, 2.75) is 70.7 Å². The molecular weight excluding hydrogens is 613 g/mol. The Kier molecular flexibility index (Phi) is 8.44. The SMILES string of the molecule is COc1nc(C)nc(C2CC2)c1-c1ncc2c(n1)c(Cc1ccc(-c3nc(C(F)(F)F)cn3C)cc1)nn2COCC[Si](C)(C)C. The van der Waals surface area contributed by atoms with Crippen molar-refractivity contribution in [3.63, 3.8) is 0 Å². The molecule has 0 radical (unpaired) electrons. The molecule has 14 heteroatoms. The molecule has 0 amide bonds. The van der Waals surface area contributed by atoms with Gasteiger partial charge in [-0.3, -0.25) is 0 Å². The minimum absolute atomic E-state index is 0.238. The predicted octanol–water partition coefficient (Wildman–Crippen LogP) is 6.80. The van der Waals surface area contributed by atoms with Crippen LogP contribution >= 0.6 is 0 Å². The Morgan fingerprint density at radius 1 is 1.02 bits per heavy atom. The number of nitrogens with zero attached hydrogens (tertiary/aromatic N) is 8. The number of fused-ring (bicyclic) bond motifs is 1. The molecule has 1 aliphatic rings. The number of imidazole rings is 1. The van der Waals surface area contributed by atoms with Gasteiger partial charge in [0, 0.05) is 45.8 Å². The van der Waals surface area contributed by atoms with Gasteiger partial charge in [-0.15, -0.1) is 0 Å². The second-order valence-electron chi connectivity index (χ2n) is 13.0. The molecule has 0 unspecified atom stereocenters. The van der Waals surface area contributed by atoms with E-state index in [-0.39, 0.29) is 12.6 Å². The van der Waals surface area contributed by atoms with Crippen LogP contribution in [0, 0.1) is 6.92 Å². The Bertz CT molecular complexity index is 1880. The summed E-state index contributed by atoms with van der Waals surface area (Å²) in [6, 6.07) is 8.32. The molecule has 0 spiro atoms. The molecule has 1 fully saturated rings. The van der Waals surface area contributed by atoms with Gasteiger partial charge in [-0.25, -0.2) is 24.6 Å². The summed E-state index contributed by atoms with van der Waals surface area (Å²) < 4.78 is 54.6. The van der Waals surface area contributed by atoms with Crippen LogP contribution in [0.5, 0.6) is 5.88 Å². The highest BCUT2D eigenvalue weighted by Gasteiger charge is 2.35. The van der Waals surface area contributed by atoms with Crippen LogP contribution < -0.4 is 4.74 Å². The fraction of sp³-hybridized carbons (Fsp3) is 0.438. The molecule has 4 heterocycles. The van der Waals surface area contributed by atoms with E-state index in [0.29, 0.717) is 53.1 Å². The van der Waals surface area contributed by atoms with Gasteiger partial charge in [0.15, 0.2) is 11.5 Å². The second kappa shape index (κ2) is 12.2. The second-order valence-corrected chi connectivity index (χ2v) is 18.6. The van der Waals surface area contributed by atoms with Gasteiger partial charge in [-0.1, -0.05) is 43.9 Å². The highest BCUT2D eigenvalue weighted by atomic mass is 28.3. The lowest BCUT2D eigenvalue weighted by molar-refractivity contribution is -0.140. The van der Waals surface area contributed by atoms with E-state index in [2.05, 4.69) is 29.6 Å². The van der Waals surface area contributed by atoms with E-state index >= 15 is 0 Å². The number of halogens is 3. The van der Waals surface area contributed by atoms with Gasteiger partial charge in [0.05, 0.1) is 24.7 Å². The van der Waals surface area contributed by atoms with Crippen molar-refractivity contribution in [3.8, 4) is 28.7 Å². The van der Waals surface area contributed by atoms with E-state index in [1.807, 2.05) is 19.1 Å². The molecule has 5 aromatic rings. The normalized spacial score (nSPS) is 13.9. The number of aromatic nitrogens is 8. The third kappa shape index (κ3) is 6.82. The van der Waals surface area contributed by atoms with Crippen LogP contribution in [0.1, 0.15) is 47.2 Å². The van der Waals surface area contributed by atoms with E-state index in [4.69, 9.17) is 29.5 Å². The first-order valence-electron chi connectivity index (χ1n) is 15.2. The lowest BCUT2D eigenvalue weighted by Gasteiger charge is -2.15. The molecule has 0 N–H and O–H groups in total. The minimum Gasteiger partial charge on any atom is -0.480 e. The summed E-state index contributed by atoms with van der Waals surface area (Å²) in [5, 5.41) is 4.90. The maximum atomic E-state index is 13.2. The molecule has 1 saturated carbocycles. The summed E-state index contributed by atoms with van der Waals surface area (Å²) in [6.45, 7) is 9.66. The summed E-state index contributed by atoms with van der Waals surface area (Å²) in [4.78, 5) is 22.8. The van der Waals surface area contributed by atoms with Crippen LogP contribution in [0.15, 0.2) is 36.7 Å². The number of ether oxygens (including phenoxy) is 2. The first-order chi connectivity index (χ1) is 21.8. The van der Waals surface area contributed by atoms with Crippen molar-refractivity contribution in [2.75, 3.05) is 13.7 Å². The van der Waals surface area contributed by atoms with Gasteiger partial charge < -0.3 is 14.0 Å². The number of alkyl halides is 3. The van der Waals surface area contributed by atoms with Crippen molar-refractivity contribution in [2.24, 2.45) is 7.05 Å². The van der Waals surface area contributed by atoms with Crippen LogP contribution in [0.3, 0.4) is 0 Å². The zero-order valence-corrected chi connectivity index (χ0v) is 27.8. The van der Waals surface area contributed by atoms with Gasteiger partial charge in [0.1, 0.15) is 35.0 Å². The molecule has 46 heavy (non-hydrogen) atoms. The Morgan fingerprint density at radius 3 is 2.39 bits per heavy atom. The summed E-state index contributed by atoms with van der Waals surface area (Å²) in [7, 11) is 1.87. The fourth-order valence-corrected chi connectivity index (χ4v) is 6.06. The molecule has 4 aromatic heterocycles. The molecule has 0 bridgehead atoms. The average molecular weight is 651 g/mol. The zero-order chi connectivity index (χ0) is 32.8. The van der Waals surface area contributed by atoms with Crippen molar-refractivity contribution < 1.29 is 22.6 Å². The lowest BCUT2D eigenvalue weighted by Crippen LogP contribution is -2.22. The molecular formula is C32H37F3N8O2Si. The Labute approximate surface area is 266 Å². The first kappa shape index (κ1) is 31.8. The highest BCUT2D eigenvalue weighted by Crippen LogP contribution is 2.45. The van der Waals surface area contributed by atoms with Gasteiger partial charge in [0.2, 0.25) is 5.88 Å². The van der Waals surface area contributed by atoms with Crippen molar-refractivity contribution >= 4 is 19.1 Å². The summed E-state index contributed by atoms with van der Waals surface area (Å²) >= 11 is 0. The monoisotopic (exact) mass is 650 g/mol. The van der Waals surface area contributed by atoms with Gasteiger partial charge in [0.25, 0.3) is 0 Å². The van der Waals surface area contributed by atoms with Gasteiger partial charge >= 0.3 is 6.18 Å². The third-order valence-electron chi connectivity index (χ3n) is 7.92. The van der Waals surface area contributed by atoms with Crippen molar-refractivity contribution in [1.82, 2.24) is 39.3 Å².